The first-order valence-electron chi connectivity index (χ1n) is 8.61. The van der Waals surface area contributed by atoms with Crippen molar-refractivity contribution in [3.63, 3.8) is 0 Å². The maximum atomic E-state index is 12.4. The summed E-state index contributed by atoms with van der Waals surface area (Å²) in [6, 6.07) is 18.0. The minimum atomic E-state index is -0.136. The number of carbonyl (C=O) groups is 1. The number of hydrogen-bond acceptors (Lipinski definition) is 4. The number of nitrogens with zero attached hydrogens (tertiary/aromatic N) is 1. The van der Waals surface area contributed by atoms with E-state index in [1.54, 1.807) is 12.5 Å². The Hall–Kier alpha value is -2.66. The van der Waals surface area contributed by atoms with Gasteiger partial charge in [-0.05, 0) is 30.0 Å². The van der Waals surface area contributed by atoms with Gasteiger partial charge in [-0.1, -0.05) is 49.4 Å². The molecule has 2 aromatic carbocycles. The number of amides is 1. The first-order chi connectivity index (χ1) is 12.7. The van der Waals surface area contributed by atoms with Crippen LogP contribution in [0.3, 0.4) is 0 Å². The Bertz CT molecular complexity index is 861. The average Bonchev–Trinajstić information content (AvgIpc) is 3.18. The first kappa shape index (κ1) is 18.1. The van der Waals surface area contributed by atoms with Gasteiger partial charge in [0, 0.05) is 11.9 Å². The van der Waals surface area contributed by atoms with E-state index in [4.69, 9.17) is 4.74 Å². The van der Waals surface area contributed by atoms with E-state index in [9.17, 15) is 4.79 Å². The van der Waals surface area contributed by atoms with E-state index >= 15 is 0 Å². The van der Waals surface area contributed by atoms with E-state index in [0.29, 0.717) is 18.2 Å². The van der Waals surface area contributed by atoms with Crippen LogP contribution in [0.5, 0.6) is 5.75 Å². The fourth-order valence-electron chi connectivity index (χ4n) is 2.76. The zero-order valence-corrected chi connectivity index (χ0v) is 15.8. The predicted molar refractivity (Wildman–Crippen MR) is 106 cm³/mol. The van der Waals surface area contributed by atoms with Crippen LogP contribution in [-0.2, 0) is 0 Å². The molecule has 0 spiro atoms. The molecule has 0 aliphatic heterocycles. The number of ether oxygens (including phenoxy) is 1. The van der Waals surface area contributed by atoms with Crippen molar-refractivity contribution in [3.8, 4) is 16.3 Å². The number of rotatable bonds is 7. The second kappa shape index (κ2) is 8.63. The third-order valence-electron chi connectivity index (χ3n) is 4.31. The summed E-state index contributed by atoms with van der Waals surface area (Å²) in [6.45, 7) is 2.79. The number of thiazole rings is 1. The van der Waals surface area contributed by atoms with E-state index in [1.165, 1.54) is 16.9 Å². The Balaban J connectivity index is 1.58. The van der Waals surface area contributed by atoms with Crippen molar-refractivity contribution in [1.82, 2.24) is 10.3 Å². The lowest BCUT2D eigenvalue weighted by Crippen LogP contribution is -2.25. The molecular weight excluding hydrogens is 344 g/mol. The van der Waals surface area contributed by atoms with Crippen LogP contribution in [-0.4, -0.2) is 24.5 Å². The highest BCUT2D eigenvalue weighted by Gasteiger charge is 2.14. The Kier molecular flexibility index (Phi) is 6.02. The van der Waals surface area contributed by atoms with Gasteiger partial charge >= 0.3 is 0 Å². The molecule has 0 saturated heterocycles. The van der Waals surface area contributed by atoms with Gasteiger partial charge in [0.25, 0.3) is 5.91 Å². The summed E-state index contributed by atoms with van der Waals surface area (Å²) >= 11 is 1.45. The highest BCUT2D eigenvalue weighted by Crippen LogP contribution is 2.31. The molecule has 4 nitrogen and oxygen atoms in total. The quantitative estimate of drug-likeness (QED) is 0.657. The number of carbonyl (C=O) groups excluding carboxylic acids is 1. The molecule has 26 heavy (non-hydrogen) atoms. The fourth-order valence-corrected chi connectivity index (χ4v) is 3.59. The van der Waals surface area contributed by atoms with Gasteiger partial charge in [0.15, 0.2) is 0 Å². The molecule has 1 unspecified atom stereocenters. The van der Waals surface area contributed by atoms with Crippen molar-refractivity contribution < 1.29 is 9.53 Å². The number of aromatic nitrogens is 1. The zero-order valence-electron chi connectivity index (χ0n) is 14.9. The minimum absolute atomic E-state index is 0.136. The molecule has 1 atom stereocenters. The van der Waals surface area contributed by atoms with E-state index in [1.807, 2.05) is 42.5 Å². The summed E-state index contributed by atoms with van der Waals surface area (Å²) in [4.78, 5) is 16.8. The minimum Gasteiger partial charge on any atom is -0.496 e. The molecular formula is C21H22N2O2S. The summed E-state index contributed by atoms with van der Waals surface area (Å²) in [7, 11) is 1.63. The van der Waals surface area contributed by atoms with Crippen LogP contribution in [0.1, 0.15) is 35.3 Å². The smallest absolute Gasteiger partial charge is 0.270 e. The Morgan fingerprint density at radius 1 is 1.15 bits per heavy atom. The highest BCUT2D eigenvalue weighted by molar-refractivity contribution is 7.13. The van der Waals surface area contributed by atoms with Crippen LogP contribution >= 0.6 is 11.3 Å². The number of benzene rings is 2. The Morgan fingerprint density at radius 2 is 1.88 bits per heavy atom. The topological polar surface area (TPSA) is 51.2 Å². The van der Waals surface area contributed by atoms with Gasteiger partial charge in [-0.2, -0.15) is 0 Å². The normalized spacial score (nSPS) is 11.8. The molecule has 0 bridgehead atoms. The number of nitrogens with one attached hydrogen (secondary N) is 1. The van der Waals surface area contributed by atoms with Crippen LogP contribution in [0.15, 0.2) is 60.0 Å². The van der Waals surface area contributed by atoms with Crippen molar-refractivity contribution >= 4 is 17.2 Å². The molecule has 5 heteroatoms. The summed E-state index contributed by atoms with van der Waals surface area (Å²) in [5.41, 5.74) is 2.63. The van der Waals surface area contributed by atoms with Crippen molar-refractivity contribution in [2.45, 2.75) is 19.3 Å². The third-order valence-corrected chi connectivity index (χ3v) is 5.18. The molecule has 1 aromatic heterocycles. The van der Waals surface area contributed by atoms with E-state index in [0.717, 1.165) is 22.7 Å². The van der Waals surface area contributed by atoms with E-state index in [2.05, 4.69) is 29.4 Å². The molecule has 3 aromatic rings. The summed E-state index contributed by atoms with van der Waals surface area (Å²) in [5.74, 6) is 1.02. The predicted octanol–water partition coefficient (Wildman–Crippen LogP) is 4.74. The average molecular weight is 366 g/mol. The maximum absolute atomic E-state index is 12.4. The summed E-state index contributed by atoms with van der Waals surface area (Å²) in [6.07, 6.45) is 0.888. The molecule has 3 rings (SSSR count). The molecule has 1 N–H and O–H groups in total. The number of hydrogen-bond donors (Lipinski definition) is 1. The van der Waals surface area contributed by atoms with Crippen molar-refractivity contribution in [2.75, 3.05) is 13.7 Å². The molecule has 1 amide bonds. The number of para-hydroxylation sites is 1. The first-order valence-corrected chi connectivity index (χ1v) is 9.49. The van der Waals surface area contributed by atoms with Crippen molar-refractivity contribution in [3.05, 3.63) is 71.2 Å². The van der Waals surface area contributed by atoms with Gasteiger partial charge in [-0.25, -0.2) is 4.98 Å². The monoisotopic (exact) mass is 366 g/mol. The largest absolute Gasteiger partial charge is 0.496 e. The van der Waals surface area contributed by atoms with Gasteiger partial charge in [-0.15, -0.1) is 11.3 Å². The summed E-state index contributed by atoms with van der Waals surface area (Å²) < 4.78 is 5.37. The van der Waals surface area contributed by atoms with Gasteiger partial charge in [0.2, 0.25) is 0 Å². The van der Waals surface area contributed by atoms with Gasteiger partial charge in [0.05, 0.1) is 12.7 Å². The van der Waals surface area contributed by atoms with Crippen LogP contribution in [0.25, 0.3) is 10.6 Å². The van der Waals surface area contributed by atoms with Crippen LogP contribution in [0.2, 0.25) is 0 Å². The standard InChI is InChI=1S/C21H22N2O2S/c1-15(16-8-4-3-5-9-16)12-13-22-20(24)18-14-26-21(23-18)17-10-6-7-11-19(17)25-2/h3-11,14-15H,12-13H2,1-2H3,(H,22,24). The Labute approximate surface area is 157 Å². The van der Waals surface area contributed by atoms with Crippen molar-refractivity contribution in [2.24, 2.45) is 0 Å². The molecule has 0 saturated carbocycles. The molecule has 0 aliphatic rings. The van der Waals surface area contributed by atoms with Crippen LogP contribution in [0, 0.1) is 0 Å². The zero-order chi connectivity index (χ0) is 18.4. The lowest BCUT2D eigenvalue weighted by molar-refractivity contribution is 0.0948. The van der Waals surface area contributed by atoms with Gasteiger partial charge < -0.3 is 10.1 Å². The molecule has 0 radical (unpaired) electrons. The third kappa shape index (κ3) is 4.29. The SMILES string of the molecule is COc1ccccc1-c1nc(C(=O)NCCC(C)c2ccccc2)cs1. The second-order valence-electron chi connectivity index (χ2n) is 6.09. The summed E-state index contributed by atoms with van der Waals surface area (Å²) in [5, 5.41) is 5.54. The maximum Gasteiger partial charge on any atom is 0.270 e. The molecule has 0 aliphatic carbocycles. The van der Waals surface area contributed by atoms with Gasteiger partial charge in [0.1, 0.15) is 16.5 Å². The molecule has 1 heterocycles. The lowest BCUT2D eigenvalue weighted by Gasteiger charge is -2.12. The van der Waals surface area contributed by atoms with Crippen LogP contribution in [0.4, 0.5) is 0 Å². The molecule has 134 valence electrons. The van der Waals surface area contributed by atoms with Gasteiger partial charge in [-0.3, -0.25) is 4.79 Å². The highest BCUT2D eigenvalue weighted by atomic mass is 32.1. The van der Waals surface area contributed by atoms with E-state index < -0.39 is 0 Å². The van der Waals surface area contributed by atoms with E-state index in [-0.39, 0.29) is 5.91 Å². The fraction of sp³-hybridized carbons (Fsp3) is 0.238. The Morgan fingerprint density at radius 3 is 2.65 bits per heavy atom. The molecule has 0 fully saturated rings. The lowest BCUT2D eigenvalue weighted by atomic mass is 9.98. The van der Waals surface area contributed by atoms with Crippen molar-refractivity contribution in [1.29, 1.82) is 0 Å². The number of methoxy groups -OCH3 is 1. The van der Waals surface area contributed by atoms with Crippen LogP contribution < -0.4 is 10.1 Å². The second-order valence-corrected chi connectivity index (χ2v) is 6.95.